The van der Waals surface area contributed by atoms with Crippen molar-refractivity contribution in [3.05, 3.63) is 47.0 Å². The zero-order valence-electron chi connectivity index (χ0n) is 15.1. The van der Waals surface area contributed by atoms with Gasteiger partial charge in [0.25, 0.3) is 0 Å². The highest BCUT2D eigenvalue weighted by molar-refractivity contribution is 6.31. The highest BCUT2D eigenvalue weighted by atomic mass is 35.5. The summed E-state index contributed by atoms with van der Waals surface area (Å²) in [6, 6.07) is 7.68. The third-order valence-corrected chi connectivity index (χ3v) is 3.81. The van der Waals surface area contributed by atoms with E-state index in [0.29, 0.717) is 22.8 Å². The number of carbonyl (C=O) groups is 1. The van der Waals surface area contributed by atoms with Gasteiger partial charge in [-0.15, -0.1) is 13.2 Å². The lowest BCUT2D eigenvalue weighted by atomic mass is 10.1. The van der Waals surface area contributed by atoms with Gasteiger partial charge in [-0.1, -0.05) is 17.7 Å². The number of amides is 2. The van der Waals surface area contributed by atoms with Crippen LogP contribution in [0.2, 0.25) is 5.02 Å². The Labute approximate surface area is 170 Å². The van der Waals surface area contributed by atoms with Crippen LogP contribution in [0.15, 0.2) is 36.4 Å². The molecule has 0 heterocycles. The second kappa shape index (κ2) is 10.2. The molecule has 0 atom stereocenters. The summed E-state index contributed by atoms with van der Waals surface area (Å²) >= 11 is 5.94. The largest absolute Gasteiger partial charge is 0.573 e. The first-order chi connectivity index (χ1) is 13.7. The number of benzene rings is 2. The lowest BCUT2D eigenvalue weighted by molar-refractivity contribution is -0.274. The van der Waals surface area contributed by atoms with Crippen molar-refractivity contribution < 1.29 is 27.8 Å². The SMILES string of the molecule is NCCNc1cc(NC(=O)Nc2cc(Cl)ccc2CCO)cc(OC(F)(F)F)c1. The molecular weight excluding hydrogens is 413 g/mol. The number of hydrogen-bond acceptors (Lipinski definition) is 5. The van der Waals surface area contributed by atoms with Gasteiger partial charge in [0, 0.05) is 53.9 Å². The van der Waals surface area contributed by atoms with E-state index in [1.54, 1.807) is 12.1 Å². The maximum absolute atomic E-state index is 12.6. The zero-order valence-corrected chi connectivity index (χ0v) is 15.9. The van der Waals surface area contributed by atoms with Crippen molar-refractivity contribution in [2.75, 3.05) is 35.6 Å². The molecule has 0 radical (unpaired) electrons. The smallest absolute Gasteiger partial charge is 0.406 e. The quantitative estimate of drug-likeness (QED) is 0.436. The van der Waals surface area contributed by atoms with Crippen LogP contribution in [0.1, 0.15) is 5.56 Å². The van der Waals surface area contributed by atoms with Crippen LogP contribution in [-0.2, 0) is 6.42 Å². The minimum absolute atomic E-state index is 0.0644. The summed E-state index contributed by atoms with van der Waals surface area (Å²) in [5, 5.41) is 17.3. The van der Waals surface area contributed by atoms with Gasteiger partial charge in [0.2, 0.25) is 0 Å². The highest BCUT2D eigenvalue weighted by Gasteiger charge is 2.31. The van der Waals surface area contributed by atoms with Crippen LogP contribution in [0.3, 0.4) is 0 Å². The topological polar surface area (TPSA) is 109 Å². The molecule has 11 heteroatoms. The third kappa shape index (κ3) is 7.68. The van der Waals surface area contributed by atoms with Gasteiger partial charge in [-0.3, -0.25) is 0 Å². The Kier molecular flexibility index (Phi) is 7.94. The molecule has 2 rings (SSSR count). The molecule has 0 saturated carbocycles. The van der Waals surface area contributed by atoms with Crippen LogP contribution in [0.5, 0.6) is 5.75 Å². The first-order valence-electron chi connectivity index (χ1n) is 8.52. The highest BCUT2D eigenvalue weighted by Crippen LogP contribution is 2.29. The molecule has 0 aliphatic rings. The third-order valence-electron chi connectivity index (χ3n) is 3.57. The minimum Gasteiger partial charge on any atom is -0.406 e. The van der Waals surface area contributed by atoms with Crippen LogP contribution in [0.25, 0.3) is 0 Å². The van der Waals surface area contributed by atoms with Gasteiger partial charge in [-0.05, 0) is 30.2 Å². The Morgan fingerprint density at radius 2 is 1.86 bits per heavy atom. The average molecular weight is 433 g/mol. The van der Waals surface area contributed by atoms with E-state index >= 15 is 0 Å². The number of urea groups is 1. The number of hydrogen-bond donors (Lipinski definition) is 5. The van der Waals surface area contributed by atoms with Crippen LogP contribution >= 0.6 is 11.6 Å². The van der Waals surface area contributed by atoms with E-state index in [1.807, 2.05) is 0 Å². The van der Waals surface area contributed by atoms with Gasteiger partial charge < -0.3 is 31.5 Å². The Hall–Kier alpha value is -2.69. The predicted octanol–water partition coefficient (Wildman–Crippen LogP) is 3.79. The number of ether oxygens (including phenoxy) is 1. The second-order valence-corrected chi connectivity index (χ2v) is 6.30. The molecule has 29 heavy (non-hydrogen) atoms. The molecule has 0 unspecified atom stereocenters. The van der Waals surface area contributed by atoms with Crippen molar-refractivity contribution in [2.24, 2.45) is 5.73 Å². The number of nitrogens with one attached hydrogen (secondary N) is 3. The van der Waals surface area contributed by atoms with Gasteiger partial charge in [0.05, 0.1) is 0 Å². The standard InChI is InChI=1S/C18H20ClF3N4O3/c19-12-2-1-11(3-6-27)16(7-12)26-17(28)25-14-8-13(24-5-4-23)9-15(10-14)29-18(20,21)22/h1-2,7-10,24,27H,3-6,23H2,(H2,25,26,28). The molecule has 7 nitrogen and oxygen atoms in total. The van der Waals surface area contributed by atoms with Gasteiger partial charge in [-0.25, -0.2) is 4.79 Å². The van der Waals surface area contributed by atoms with Crippen molar-refractivity contribution in [3.63, 3.8) is 0 Å². The van der Waals surface area contributed by atoms with Gasteiger partial charge >= 0.3 is 12.4 Å². The Morgan fingerprint density at radius 3 is 2.52 bits per heavy atom. The number of anilines is 3. The van der Waals surface area contributed by atoms with Crippen LogP contribution in [0, 0.1) is 0 Å². The maximum atomic E-state index is 12.6. The minimum atomic E-state index is -4.88. The summed E-state index contributed by atoms with van der Waals surface area (Å²) in [5.41, 5.74) is 6.76. The number of nitrogens with two attached hydrogens (primary N) is 1. The number of carbonyl (C=O) groups excluding carboxylic acids is 1. The summed E-state index contributed by atoms with van der Waals surface area (Å²) in [6.45, 7) is 0.440. The van der Waals surface area contributed by atoms with Gasteiger partial charge in [0.1, 0.15) is 5.75 Å². The lowest BCUT2D eigenvalue weighted by Crippen LogP contribution is -2.21. The number of aliphatic hydroxyl groups is 1. The number of rotatable bonds is 8. The monoisotopic (exact) mass is 432 g/mol. The Bertz CT molecular complexity index is 850. The average Bonchev–Trinajstić information content (AvgIpc) is 2.60. The zero-order chi connectivity index (χ0) is 21.4. The Balaban J connectivity index is 2.20. The summed E-state index contributed by atoms with van der Waals surface area (Å²) < 4.78 is 41.6. The van der Waals surface area contributed by atoms with E-state index < -0.39 is 18.1 Å². The predicted molar refractivity (Wildman–Crippen MR) is 106 cm³/mol. The van der Waals surface area contributed by atoms with Crippen LogP contribution < -0.4 is 26.4 Å². The molecule has 0 fully saturated rings. The fraction of sp³-hybridized carbons (Fsp3) is 0.278. The molecule has 0 aromatic heterocycles. The van der Waals surface area contributed by atoms with Crippen LogP contribution in [0.4, 0.5) is 35.0 Å². The lowest BCUT2D eigenvalue weighted by Gasteiger charge is -2.15. The summed E-state index contributed by atoms with van der Waals surface area (Å²) in [7, 11) is 0. The molecule has 0 spiro atoms. The molecule has 2 aromatic carbocycles. The molecule has 158 valence electrons. The molecule has 6 N–H and O–H groups in total. The summed E-state index contributed by atoms with van der Waals surface area (Å²) in [4.78, 5) is 12.3. The van der Waals surface area contributed by atoms with Gasteiger partial charge in [0.15, 0.2) is 0 Å². The van der Waals surface area contributed by atoms with Gasteiger partial charge in [-0.2, -0.15) is 0 Å². The van der Waals surface area contributed by atoms with Crippen LogP contribution in [-0.4, -0.2) is 37.2 Å². The fourth-order valence-electron chi connectivity index (χ4n) is 2.47. The second-order valence-electron chi connectivity index (χ2n) is 5.86. The Morgan fingerprint density at radius 1 is 1.14 bits per heavy atom. The molecule has 0 aliphatic carbocycles. The fourth-order valence-corrected chi connectivity index (χ4v) is 2.64. The molecule has 0 bridgehead atoms. The summed E-state index contributed by atoms with van der Waals surface area (Å²) in [6.07, 6.45) is -4.60. The molecule has 0 aliphatic heterocycles. The maximum Gasteiger partial charge on any atom is 0.573 e. The first-order valence-corrected chi connectivity index (χ1v) is 8.90. The van der Waals surface area contributed by atoms with Crippen molar-refractivity contribution in [1.82, 2.24) is 0 Å². The van der Waals surface area contributed by atoms with Crippen molar-refractivity contribution in [2.45, 2.75) is 12.8 Å². The van der Waals surface area contributed by atoms with Crippen molar-refractivity contribution in [3.8, 4) is 5.75 Å². The molecule has 2 aromatic rings. The van der Waals surface area contributed by atoms with E-state index in [2.05, 4.69) is 20.7 Å². The van der Waals surface area contributed by atoms with E-state index in [4.69, 9.17) is 22.4 Å². The van der Waals surface area contributed by atoms with E-state index in [0.717, 1.165) is 12.1 Å². The molecule has 0 saturated heterocycles. The number of aliphatic hydroxyl groups excluding tert-OH is 1. The molecular formula is C18H20ClF3N4O3. The number of alkyl halides is 3. The normalized spacial score (nSPS) is 11.1. The summed E-state index contributed by atoms with van der Waals surface area (Å²) in [5.74, 6) is -0.501. The van der Waals surface area contributed by atoms with Crippen molar-refractivity contribution in [1.29, 1.82) is 0 Å². The van der Waals surface area contributed by atoms with E-state index in [9.17, 15) is 18.0 Å². The first kappa shape index (κ1) is 22.6. The van der Waals surface area contributed by atoms with E-state index in [1.165, 1.54) is 12.1 Å². The van der Waals surface area contributed by atoms with E-state index in [-0.39, 0.29) is 30.9 Å². The molecule has 2 amide bonds. The number of halogens is 4. The van der Waals surface area contributed by atoms with Crippen molar-refractivity contribution >= 4 is 34.7 Å².